The average Bonchev–Trinajstić information content (AvgIpc) is 3.76. The van der Waals surface area contributed by atoms with E-state index < -0.39 is 0 Å². The zero-order valence-electron chi connectivity index (χ0n) is 24.2. The van der Waals surface area contributed by atoms with Crippen molar-refractivity contribution in [1.29, 1.82) is 0 Å². The normalized spacial score (nSPS) is 11.8. The summed E-state index contributed by atoms with van der Waals surface area (Å²) in [6.07, 6.45) is 0. The molecule has 10 aromatic rings. The number of nitrogens with zero attached hydrogens (tertiary/aromatic N) is 2. The molecule has 0 unspecified atom stereocenters. The molecule has 0 bridgehead atoms. The Labute approximate surface area is 263 Å². The van der Waals surface area contributed by atoms with Gasteiger partial charge < -0.3 is 9.13 Å². The Kier molecular flexibility index (Phi) is 5.11. The number of benzene rings is 6. The highest BCUT2D eigenvalue weighted by atomic mass is 32.1. The largest absolute Gasteiger partial charge is 0.309 e. The van der Waals surface area contributed by atoms with Crippen molar-refractivity contribution in [1.82, 2.24) is 9.13 Å². The molecular formula is C42H24N2S. The summed E-state index contributed by atoms with van der Waals surface area (Å²) in [5.74, 6) is 0. The quantitative estimate of drug-likeness (QED) is 0.194. The van der Waals surface area contributed by atoms with E-state index >= 15 is 0 Å². The number of thiophene rings is 1. The molecule has 3 heteroatoms. The Morgan fingerprint density at radius 2 is 1.00 bits per heavy atom. The van der Waals surface area contributed by atoms with Crippen LogP contribution in [-0.2, 0) is 0 Å². The molecule has 0 aliphatic heterocycles. The number of aromatic nitrogens is 2. The van der Waals surface area contributed by atoms with Crippen LogP contribution in [0, 0.1) is 12.1 Å². The van der Waals surface area contributed by atoms with Gasteiger partial charge in [0.1, 0.15) is 0 Å². The summed E-state index contributed by atoms with van der Waals surface area (Å²) < 4.78 is 7.34. The van der Waals surface area contributed by atoms with Crippen LogP contribution in [0.2, 0.25) is 0 Å². The van der Waals surface area contributed by atoms with E-state index in [0.29, 0.717) is 0 Å². The Morgan fingerprint density at radius 1 is 0.422 bits per heavy atom. The van der Waals surface area contributed by atoms with Crippen molar-refractivity contribution in [3.05, 3.63) is 158 Å². The summed E-state index contributed by atoms with van der Waals surface area (Å²) in [4.78, 5) is 0. The highest BCUT2D eigenvalue weighted by molar-refractivity contribution is 7.26. The first-order valence-electron chi connectivity index (χ1n) is 15.2. The third-order valence-corrected chi connectivity index (χ3v) is 10.4. The second-order valence-corrected chi connectivity index (χ2v) is 12.7. The smallest absolute Gasteiger partial charge is 0.0640 e. The fraction of sp³-hybridized carbons (Fsp3) is 0. The van der Waals surface area contributed by atoms with Gasteiger partial charge in [0, 0.05) is 48.8 Å². The number of hydrogen-bond donors (Lipinski definition) is 0. The standard InChI is InChI=1S/C42H24N2S/c1-2-11-29(12-3-1)43-36-17-7-4-13-30(36)34-25-27(21-23-38(34)43)28-22-24-39-35(26-28)31-14-5-8-18-37(31)44(39)40-19-10-16-33-32-15-6-9-20-41(32)45-42(33)40/h1-5,7-8,10-26H. The molecule has 2 nitrogen and oxygen atoms in total. The molecule has 0 fully saturated rings. The minimum Gasteiger partial charge on any atom is -0.309 e. The van der Waals surface area contributed by atoms with Gasteiger partial charge in [-0.15, -0.1) is 11.3 Å². The van der Waals surface area contributed by atoms with Crippen LogP contribution in [0.5, 0.6) is 0 Å². The Hall–Kier alpha value is -5.82. The molecule has 0 amide bonds. The van der Waals surface area contributed by atoms with E-state index in [0.717, 1.165) is 0 Å². The van der Waals surface area contributed by atoms with Crippen LogP contribution >= 0.6 is 11.3 Å². The highest BCUT2D eigenvalue weighted by Gasteiger charge is 2.18. The summed E-state index contributed by atoms with van der Waals surface area (Å²) in [7, 11) is 0. The van der Waals surface area contributed by atoms with Crippen molar-refractivity contribution in [2.75, 3.05) is 0 Å². The fourth-order valence-corrected chi connectivity index (χ4v) is 8.38. The van der Waals surface area contributed by atoms with Gasteiger partial charge in [-0.05, 0) is 71.8 Å². The lowest BCUT2D eigenvalue weighted by Gasteiger charge is -2.10. The predicted molar refractivity (Wildman–Crippen MR) is 191 cm³/mol. The minimum atomic E-state index is 1.18. The molecule has 3 aromatic heterocycles. The van der Waals surface area contributed by atoms with Crippen molar-refractivity contribution >= 4 is 75.1 Å². The van der Waals surface area contributed by atoms with E-state index in [1.165, 1.54) is 86.3 Å². The molecule has 0 aliphatic carbocycles. The van der Waals surface area contributed by atoms with Crippen LogP contribution in [0.3, 0.4) is 0 Å². The second-order valence-electron chi connectivity index (χ2n) is 11.6. The lowest BCUT2D eigenvalue weighted by Crippen LogP contribution is -1.94. The van der Waals surface area contributed by atoms with Crippen molar-refractivity contribution in [2.24, 2.45) is 0 Å². The van der Waals surface area contributed by atoms with E-state index in [4.69, 9.17) is 0 Å². The van der Waals surface area contributed by atoms with Crippen LogP contribution in [0.4, 0.5) is 0 Å². The van der Waals surface area contributed by atoms with Crippen LogP contribution in [0.15, 0.2) is 146 Å². The van der Waals surface area contributed by atoms with Gasteiger partial charge in [0.05, 0.1) is 32.5 Å². The van der Waals surface area contributed by atoms with Crippen molar-refractivity contribution in [3.8, 4) is 22.5 Å². The SMILES string of the molecule is c1cc2sc3c(-n4c5ccccc5c5cc(-c6ccc7c(c6)c6ccccc6n7-c6ccccc6)ccc54)cccc3c2cc#1. The maximum absolute atomic E-state index is 3.15. The molecule has 0 atom stereocenters. The molecule has 0 aliphatic rings. The Bertz CT molecular complexity index is 2760. The van der Waals surface area contributed by atoms with Crippen LogP contribution < -0.4 is 0 Å². The number of fused-ring (bicyclic) bond motifs is 9. The maximum atomic E-state index is 3.15. The Morgan fingerprint density at radius 3 is 1.73 bits per heavy atom. The van der Waals surface area contributed by atoms with Crippen molar-refractivity contribution in [2.45, 2.75) is 0 Å². The lowest BCUT2D eigenvalue weighted by molar-refractivity contribution is 1.18. The molecule has 0 N–H and O–H groups in total. The second kappa shape index (κ2) is 9.34. The molecule has 208 valence electrons. The average molecular weight is 589 g/mol. The van der Waals surface area contributed by atoms with Crippen molar-refractivity contribution in [3.63, 3.8) is 0 Å². The topological polar surface area (TPSA) is 9.86 Å². The molecule has 45 heavy (non-hydrogen) atoms. The van der Waals surface area contributed by atoms with Crippen molar-refractivity contribution < 1.29 is 0 Å². The van der Waals surface area contributed by atoms with Gasteiger partial charge in [-0.3, -0.25) is 0 Å². The fourth-order valence-electron chi connectivity index (χ4n) is 7.21. The third kappa shape index (κ3) is 3.52. The van der Waals surface area contributed by atoms with Crippen LogP contribution in [0.1, 0.15) is 0 Å². The third-order valence-electron chi connectivity index (χ3n) is 9.20. The van der Waals surface area contributed by atoms with Gasteiger partial charge in [-0.2, -0.15) is 0 Å². The first-order chi connectivity index (χ1) is 22.3. The summed E-state index contributed by atoms with van der Waals surface area (Å²) in [5, 5.41) is 7.56. The van der Waals surface area contributed by atoms with Crippen LogP contribution in [-0.4, -0.2) is 9.13 Å². The maximum Gasteiger partial charge on any atom is 0.0640 e. The first-order valence-corrected chi connectivity index (χ1v) is 16.0. The first kappa shape index (κ1) is 24.6. The van der Waals surface area contributed by atoms with Gasteiger partial charge in [-0.1, -0.05) is 91.0 Å². The highest BCUT2D eigenvalue weighted by Crippen LogP contribution is 2.42. The van der Waals surface area contributed by atoms with Gasteiger partial charge in [0.15, 0.2) is 0 Å². The summed E-state index contributed by atoms with van der Waals surface area (Å²) in [5.41, 5.74) is 9.69. The van der Waals surface area contributed by atoms with Gasteiger partial charge in [0.25, 0.3) is 0 Å². The molecular weight excluding hydrogens is 565 g/mol. The van der Waals surface area contributed by atoms with E-state index in [2.05, 4.69) is 167 Å². The van der Waals surface area contributed by atoms with Gasteiger partial charge in [0.2, 0.25) is 0 Å². The summed E-state index contributed by atoms with van der Waals surface area (Å²) in [6.45, 7) is 0. The van der Waals surface area contributed by atoms with E-state index in [-0.39, 0.29) is 0 Å². The number of rotatable bonds is 3. The zero-order valence-corrected chi connectivity index (χ0v) is 25.0. The molecule has 7 aromatic carbocycles. The van der Waals surface area contributed by atoms with E-state index in [9.17, 15) is 0 Å². The molecule has 0 saturated heterocycles. The zero-order chi connectivity index (χ0) is 29.5. The number of hydrogen-bond acceptors (Lipinski definition) is 1. The van der Waals surface area contributed by atoms with Gasteiger partial charge in [-0.25, -0.2) is 0 Å². The Balaban J connectivity index is 1.20. The van der Waals surface area contributed by atoms with Gasteiger partial charge >= 0.3 is 0 Å². The monoisotopic (exact) mass is 588 g/mol. The molecule has 10 rings (SSSR count). The van der Waals surface area contributed by atoms with E-state index in [1.807, 2.05) is 11.3 Å². The lowest BCUT2D eigenvalue weighted by atomic mass is 10.0. The molecule has 3 heterocycles. The minimum absolute atomic E-state index is 1.18. The summed E-state index contributed by atoms with van der Waals surface area (Å²) >= 11 is 1.83. The van der Waals surface area contributed by atoms with E-state index in [1.54, 1.807) is 0 Å². The molecule has 0 saturated carbocycles. The molecule has 0 radical (unpaired) electrons. The molecule has 0 spiro atoms. The summed E-state index contributed by atoms with van der Waals surface area (Å²) in [6, 6.07) is 59.1. The number of para-hydroxylation sites is 3. The predicted octanol–water partition coefficient (Wildman–Crippen LogP) is 11.5. The van der Waals surface area contributed by atoms with Crippen LogP contribution in [0.25, 0.3) is 86.3 Å².